The zero-order valence-electron chi connectivity index (χ0n) is 14.0. The van der Waals surface area contributed by atoms with Crippen molar-refractivity contribution < 1.29 is 17.9 Å². The van der Waals surface area contributed by atoms with Crippen LogP contribution in [-0.4, -0.2) is 33.5 Å². The molecule has 2 rings (SSSR count). The fourth-order valence-corrected chi connectivity index (χ4v) is 4.35. The van der Waals surface area contributed by atoms with Crippen molar-refractivity contribution in [3.05, 3.63) is 40.5 Å². The van der Waals surface area contributed by atoms with E-state index in [4.69, 9.17) is 26.8 Å². The Hall–Kier alpha value is -1.54. The number of hydrogen-bond acceptors (Lipinski definition) is 5. The molecule has 24 heavy (non-hydrogen) atoms. The highest BCUT2D eigenvalue weighted by Crippen LogP contribution is 2.34. The van der Waals surface area contributed by atoms with Gasteiger partial charge in [-0.1, -0.05) is 11.6 Å². The summed E-state index contributed by atoms with van der Waals surface area (Å²) >= 11 is 5.84. The molecular formula is C16H21ClN2O4S. The molecule has 0 saturated carbocycles. The average Bonchev–Trinajstić information content (AvgIpc) is 2.76. The van der Waals surface area contributed by atoms with Crippen LogP contribution in [0.2, 0.25) is 5.02 Å². The SMILES string of the molecule is COC(Cn1c(C)c(C)c(S(=O)(=O)c2ccc(Cl)cc2)c1N)OC. The van der Waals surface area contributed by atoms with E-state index in [2.05, 4.69) is 0 Å². The number of hydrogen-bond donors (Lipinski definition) is 1. The van der Waals surface area contributed by atoms with Crippen molar-refractivity contribution in [2.24, 2.45) is 0 Å². The summed E-state index contributed by atoms with van der Waals surface area (Å²) in [6.45, 7) is 3.84. The van der Waals surface area contributed by atoms with Gasteiger partial charge in [-0.3, -0.25) is 0 Å². The molecular weight excluding hydrogens is 352 g/mol. The Morgan fingerprint density at radius 3 is 2.21 bits per heavy atom. The Kier molecular flexibility index (Phi) is 5.59. The third-order valence-electron chi connectivity index (χ3n) is 4.06. The van der Waals surface area contributed by atoms with E-state index in [9.17, 15) is 8.42 Å². The van der Waals surface area contributed by atoms with Crippen molar-refractivity contribution in [2.45, 2.75) is 36.5 Å². The van der Waals surface area contributed by atoms with Gasteiger partial charge in [0, 0.05) is 24.9 Å². The van der Waals surface area contributed by atoms with Crippen molar-refractivity contribution in [2.75, 3.05) is 20.0 Å². The largest absolute Gasteiger partial charge is 0.384 e. The topological polar surface area (TPSA) is 83.5 Å². The summed E-state index contributed by atoms with van der Waals surface area (Å²) in [5.41, 5.74) is 7.52. The fourth-order valence-electron chi connectivity index (χ4n) is 2.56. The van der Waals surface area contributed by atoms with E-state index in [1.54, 1.807) is 11.5 Å². The Labute approximate surface area is 147 Å². The first-order chi connectivity index (χ1) is 11.2. The lowest BCUT2D eigenvalue weighted by Gasteiger charge is -2.17. The van der Waals surface area contributed by atoms with E-state index in [1.165, 1.54) is 38.5 Å². The molecule has 0 aliphatic carbocycles. The number of aromatic nitrogens is 1. The molecule has 132 valence electrons. The van der Waals surface area contributed by atoms with Gasteiger partial charge in [0.1, 0.15) is 10.7 Å². The van der Waals surface area contributed by atoms with Crippen LogP contribution in [0.4, 0.5) is 5.82 Å². The fraction of sp³-hybridized carbons (Fsp3) is 0.375. The Bertz CT molecular complexity index is 825. The molecule has 0 bridgehead atoms. The quantitative estimate of drug-likeness (QED) is 0.788. The standard InChI is InChI=1S/C16H21ClN2O4S/c1-10-11(2)19(9-14(22-3)23-4)16(18)15(10)24(20,21)13-7-5-12(17)6-8-13/h5-8,14H,9,18H2,1-4H3. The van der Waals surface area contributed by atoms with Gasteiger partial charge in [0.15, 0.2) is 6.29 Å². The zero-order valence-corrected chi connectivity index (χ0v) is 15.6. The van der Waals surface area contributed by atoms with Gasteiger partial charge >= 0.3 is 0 Å². The summed E-state index contributed by atoms with van der Waals surface area (Å²) in [5.74, 6) is 0.166. The first-order valence-electron chi connectivity index (χ1n) is 7.25. The number of sulfone groups is 1. The lowest BCUT2D eigenvalue weighted by Crippen LogP contribution is -2.22. The minimum absolute atomic E-state index is 0.105. The number of nitrogens with two attached hydrogens (primary N) is 1. The van der Waals surface area contributed by atoms with E-state index in [0.29, 0.717) is 17.1 Å². The number of nitrogens with zero attached hydrogens (tertiary/aromatic N) is 1. The van der Waals surface area contributed by atoms with Gasteiger partial charge in [-0.2, -0.15) is 0 Å². The number of anilines is 1. The maximum atomic E-state index is 13.0. The van der Waals surface area contributed by atoms with Gasteiger partial charge in [-0.15, -0.1) is 0 Å². The highest BCUT2D eigenvalue weighted by atomic mass is 35.5. The second kappa shape index (κ2) is 7.14. The Morgan fingerprint density at radius 2 is 1.71 bits per heavy atom. The molecule has 2 N–H and O–H groups in total. The minimum atomic E-state index is -3.75. The van der Waals surface area contributed by atoms with Crippen LogP contribution in [0.25, 0.3) is 0 Å². The zero-order chi connectivity index (χ0) is 18.1. The molecule has 0 aliphatic rings. The average molecular weight is 373 g/mol. The number of halogens is 1. The van der Waals surface area contributed by atoms with Gasteiger partial charge in [0.05, 0.1) is 11.4 Å². The predicted octanol–water partition coefficient (Wildman–Crippen LogP) is 2.79. The van der Waals surface area contributed by atoms with E-state index in [0.717, 1.165) is 5.69 Å². The predicted molar refractivity (Wildman–Crippen MR) is 93.0 cm³/mol. The summed E-state index contributed by atoms with van der Waals surface area (Å²) in [5, 5.41) is 0.468. The van der Waals surface area contributed by atoms with Crippen molar-refractivity contribution >= 4 is 27.3 Å². The highest BCUT2D eigenvalue weighted by Gasteiger charge is 2.29. The van der Waals surface area contributed by atoms with Gasteiger partial charge in [0.25, 0.3) is 0 Å². The molecule has 2 aromatic rings. The van der Waals surface area contributed by atoms with Crippen molar-refractivity contribution in [1.29, 1.82) is 0 Å². The summed E-state index contributed by atoms with van der Waals surface area (Å²) in [6.07, 6.45) is -0.524. The minimum Gasteiger partial charge on any atom is -0.384 e. The van der Waals surface area contributed by atoms with Crippen LogP contribution in [-0.2, 0) is 25.9 Å². The first-order valence-corrected chi connectivity index (χ1v) is 9.11. The molecule has 0 fully saturated rings. The molecule has 1 aromatic heterocycles. The molecule has 0 amide bonds. The van der Waals surface area contributed by atoms with Crippen LogP contribution >= 0.6 is 11.6 Å². The van der Waals surface area contributed by atoms with Crippen molar-refractivity contribution in [3.8, 4) is 0 Å². The second-order valence-electron chi connectivity index (χ2n) is 5.39. The van der Waals surface area contributed by atoms with Crippen molar-refractivity contribution in [1.82, 2.24) is 4.57 Å². The Balaban J connectivity index is 2.57. The molecule has 0 radical (unpaired) electrons. The summed E-state index contributed by atoms with van der Waals surface area (Å²) in [7, 11) is -0.724. The maximum Gasteiger partial charge on any atom is 0.210 e. The molecule has 0 atom stereocenters. The molecule has 1 aromatic carbocycles. The lowest BCUT2D eigenvalue weighted by molar-refractivity contribution is -0.110. The van der Waals surface area contributed by atoms with Gasteiger partial charge < -0.3 is 19.8 Å². The van der Waals surface area contributed by atoms with Crippen LogP contribution < -0.4 is 5.73 Å². The number of ether oxygens (including phenoxy) is 2. The van der Waals surface area contributed by atoms with Gasteiger partial charge in [-0.05, 0) is 43.7 Å². The molecule has 0 spiro atoms. The molecule has 1 heterocycles. The number of nitrogen functional groups attached to an aromatic ring is 1. The molecule has 0 saturated heterocycles. The monoisotopic (exact) mass is 372 g/mol. The van der Waals surface area contributed by atoms with Crippen LogP contribution in [0.3, 0.4) is 0 Å². The van der Waals surface area contributed by atoms with Crippen molar-refractivity contribution in [3.63, 3.8) is 0 Å². The number of rotatable bonds is 6. The van der Waals surface area contributed by atoms with E-state index in [1.807, 2.05) is 6.92 Å². The third-order valence-corrected chi connectivity index (χ3v) is 6.26. The first kappa shape index (κ1) is 18.8. The summed E-state index contributed by atoms with van der Waals surface area (Å²) < 4.78 is 38.0. The van der Waals surface area contributed by atoms with Crippen LogP contribution in [0.15, 0.2) is 34.1 Å². The van der Waals surface area contributed by atoms with Crippen LogP contribution in [0.1, 0.15) is 11.3 Å². The van der Waals surface area contributed by atoms with E-state index in [-0.39, 0.29) is 15.6 Å². The molecule has 0 aliphatic heterocycles. The van der Waals surface area contributed by atoms with E-state index < -0.39 is 16.1 Å². The third kappa shape index (κ3) is 3.30. The highest BCUT2D eigenvalue weighted by molar-refractivity contribution is 7.91. The maximum absolute atomic E-state index is 13.0. The molecule has 6 nitrogen and oxygen atoms in total. The lowest BCUT2D eigenvalue weighted by atomic mass is 10.3. The summed E-state index contributed by atoms with van der Waals surface area (Å²) in [4.78, 5) is 0.252. The number of benzene rings is 1. The van der Waals surface area contributed by atoms with E-state index >= 15 is 0 Å². The van der Waals surface area contributed by atoms with Crippen LogP contribution in [0, 0.1) is 13.8 Å². The summed E-state index contributed by atoms with van der Waals surface area (Å²) in [6, 6.07) is 6.01. The Morgan fingerprint density at radius 1 is 1.17 bits per heavy atom. The molecule has 8 heteroatoms. The van der Waals surface area contributed by atoms with Gasteiger partial charge in [-0.25, -0.2) is 8.42 Å². The van der Waals surface area contributed by atoms with Crippen LogP contribution in [0.5, 0.6) is 0 Å². The van der Waals surface area contributed by atoms with Gasteiger partial charge in [0.2, 0.25) is 9.84 Å². The molecule has 0 unspecified atom stereocenters. The second-order valence-corrected chi connectivity index (χ2v) is 7.72. The smallest absolute Gasteiger partial charge is 0.210 e. The number of methoxy groups -OCH3 is 2. The normalized spacial score (nSPS) is 12.1.